The number of ketones is 1. The summed E-state index contributed by atoms with van der Waals surface area (Å²) in [6.07, 6.45) is 2.44. The quantitative estimate of drug-likeness (QED) is 0.691. The summed E-state index contributed by atoms with van der Waals surface area (Å²) in [5, 5.41) is 0. The van der Waals surface area contributed by atoms with Gasteiger partial charge < -0.3 is 9.53 Å². The molecule has 104 valence electrons. The van der Waals surface area contributed by atoms with Crippen LogP contribution in [-0.2, 0) is 4.79 Å². The minimum absolute atomic E-state index is 0.245. The average molecular weight is 268 g/mol. The van der Waals surface area contributed by atoms with Gasteiger partial charge in [0.1, 0.15) is 11.5 Å². The van der Waals surface area contributed by atoms with Crippen molar-refractivity contribution in [2.24, 2.45) is 0 Å². The summed E-state index contributed by atoms with van der Waals surface area (Å²) < 4.78 is 5.86. The predicted octanol–water partition coefficient (Wildman–Crippen LogP) is 4.49. The van der Waals surface area contributed by atoms with E-state index in [0.717, 1.165) is 29.7 Å². The highest BCUT2D eigenvalue weighted by molar-refractivity contribution is 5.75. The lowest BCUT2D eigenvalue weighted by molar-refractivity contribution is -0.117. The highest BCUT2D eigenvalue weighted by Crippen LogP contribution is 2.29. The summed E-state index contributed by atoms with van der Waals surface area (Å²) in [4.78, 5) is 10.9. The zero-order valence-corrected chi connectivity index (χ0v) is 11.8. The van der Waals surface area contributed by atoms with Crippen LogP contribution in [-0.4, -0.2) is 12.4 Å². The molecule has 0 unspecified atom stereocenters. The number of hydrogen-bond donors (Lipinski definition) is 0. The lowest BCUT2D eigenvalue weighted by atomic mass is 10.1. The van der Waals surface area contributed by atoms with Gasteiger partial charge in [-0.3, -0.25) is 0 Å². The number of para-hydroxylation sites is 1. The van der Waals surface area contributed by atoms with Gasteiger partial charge in [-0.25, -0.2) is 0 Å². The molecule has 2 rings (SSSR count). The van der Waals surface area contributed by atoms with Crippen molar-refractivity contribution in [3.63, 3.8) is 0 Å². The van der Waals surface area contributed by atoms with Gasteiger partial charge >= 0.3 is 0 Å². The molecule has 0 saturated carbocycles. The molecule has 0 spiro atoms. The fourth-order valence-electron chi connectivity index (χ4n) is 2.11. The number of unbranched alkanes of at least 4 members (excludes halogenated alkanes) is 1. The molecule has 0 aliphatic carbocycles. The van der Waals surface area contributed by atoms with Gasteiger partial charge in [0.15, 0.2) is 0 Å². The Morgan fingerprint density at radius 2 is 1.65 bits per heavy atom. The summed E-state index contributed by atoms with van der Waals surface area (Å²) in [5.74, 6) is 1.15. The van der Waals surface area contributed by atoms with Crippen LogP contribution in [0.3, 0.4) is 0 Å². The summed E-state index contributed by atoms with van der Waals surface area (Å²) in [6, 6.07) is 18.3. The zero-order valence-electron chi connectivity index (χ0n) is 11.8. The topological polar surface area (TPSA) is 26.3 Å². The predicted molar refractivity (Wildman–Crippen MR) is 81.9 cm³/mol. The third-order valence-corrected chi connectivity index (χ3v) is 3.15. The number of hydrogen-bond acceptors (Lipinski definition) is 2. The lowest BCUT2D eigenvalue weighted by Gasteiger charge is -2.11. The number of benzene rings is 2. The van der Waals surface area contributed by atoms with E-state index < -0.39 is 0 Å². The molecule has 0 radical (unpaired) electrons. The van der Waals surface area contributed by atoms with Crippen LogP contribution in [0.25, 0.3) is 11.1 Å². The summed E-state index contributed by atoms with van der Waals surface area (Å²) in [6.45, 7) is 2.28. The van der Waals surface area contributed by atoms with Crippen molar-refractivity contribution in [1.82, 2.24) is 0 Å². The third kappa shape index (κ3) is 4.23. The van der Waals surface area contributed by atoms with Crippen molar-refractivity contribution in [2.45, 2.75) is 26.2 Å². The maximum absolute atomic E-state index is 10.9. The van der Waals surface area contributed by atoms with E-state index in [1.54, 1.807) is 6.92 Å². The molecule has 0 heterocycles. The molecule has 2 nitrogen and oxygen atoms in total. The van der Waals surface area contributed by atoms with Crippen LogP contribution in [0, 0.1) is 0 Å². The fraction of sp³-hybridized carbons (Fsp3) is 0.278. The maximum Gasteiger partial charge on any atom is 0.129 e. The molecule has 0 saturated heterocycles. The normalized spacial score (nSPS) is 10.2. The molecule has 0 amide bonds. The second-order valence-corrected chi connectivity index (χ2v) is 4.87. The van der Waals surface area contributed by atoms with E-state index in [-0.39, 0.29) is 5.78 Å². The molecule has 20 heavy (non-hydrogen) atoms. The van der Waals surface area contributed by atoms with Crippen molar-refractivity contribution in [3.05, 3.63) is 54.6 Å². The van der Waals surface area contributed by atoms with Gasteiger partial charge in [0, 0.05) is 12.0 Å². The van der Waals surface area contributed by atoms with E-state index in [9.17, 15) is 4.79 Å². The Morgan fingerprint density at radius 1 is 0.950 bits per heavy atom. The minimum Gasteiger partial charge on any atom is -0.493 e. The first-order valence-corrected chi connectivity index (χ1v) is 7.04. The van der Waals surface area contributed by atoms with Gasteiger partial charge in [-0.05, 0) is 31.4 Å². The molecule has 2 aromatic carbocycles. The first-order chi connectivity index (χ1) is 9.77. The van der Waals surface area contributed by atoms with E-state index >= 15 is 0 Å². The zero-order chi connectivity index (χ0) is 14.2. The molecular formula is C18H20O2. The Balaban J connectivity index is 1.97. The Labute approximate surface area is 120 Å². The summed E-state index contributed by atoms with van der Waals surface area (Å²) in [5.41, 5.74) is 2.27. The molecule has 2 aromatic rings. The summed E-state index contributed by atoms with van der Waals surface area (Å²) >= 11 is 0. The van der Waals surface area contributed by atoms with Gasteiger partial charge in [-0.15, -0.1) is 0 Å². The Hall–Kier alpha value is -2.09. The SMILES string of the molecule is CC(=O)CCCCOc1ccccc1-c1ccccc1. The first-order valence-electron chi connectivity index (χ1n) is 7.04. The van der Waals surface area contributed by atoms with Gasteiger partial charge in [0.05, 0.1) is 6.61 Å². The van der Waals surface area contributed by atoms with Gasteiger partial charge in [0.25, 0.3) is 0 Å². The Kier molecular flexibility index (Phi) is 5.36. The number of carbonyl (C=O) groups is 1. The standard InChI is InChI=1S/C18H20O2/c1-15(19)9-7-8-14-20-18-13-6-5-12-17(18)16-10-3-2-4-11-16/h2-6,10-13H,7-9,14H2,1H3. The van der Waals surface area contributed by atoms with Crippen LogP contribution in [0.15, 0.2) is 54.6 Å². The Morgan fingerprint density at radius 3 is 2.40 bits per heavy atom. The smallest absolute Gasteiger partial charge is 0.129 e. The van der Waals surface area contributed by atoms with E-state index in [1.165, 1.54) is 0 Å². The monoisotopic (exact) mass is 268 g/mol. The molecule has 0 N–H and O–H groups in total. The van der Waals surface area contributed by atoms with Crippen molar-refractivity contribution in [3.8, 4) is 16.9 Å². The second-order valence-electron chi connectivity index (χ2n) is 4.87. The largest absolute Gasteiger partial charge is 0.493 e. The van der Waals surface area contributed by atoms with Crippen LogP contribution >= 0.6 is 0 Å². The summed E-state index contributed by atoms with van der Waals surface area (Å²) in [7, 11) is 0. The number of Topliss-reactive ketones (excluding diaryl/α,β-unsaturated/α-hetero) is 1. The van der Waals surface area contributed by atoms with Crippen LogP contribution in [0.4, 0.5) is 0 Å². The van der Waals surface area contributed by atoms with Crippen LogP contribution < -0.4 is 4.74 Å². The first kappa shape index (κ1) is 14.3. The van der Waals surface area contributed by atoms with E-state index in [0.29, 0.717) is 13.0 Å². The average Bonchev–Trinajstić information content (AvgIpc) is 2.48. The van der Waals surface area contributed by atoms with E-state index in [4.69, 9.17) is 4.74 Å². The lowest BCUT2D eigenvalue weighted by Crippen LogP contribution is -2.00. The van der Waals surface area contributed by atoms with Crippen molar-refractivity contribution in [1.29, 1.82) is 0 Å². The molecule has 0 bridgehead atoms. The Bertz CT molecular complexity index is 546. The maximum atomic E-state index is 10.9. The van der Waals surface area contributed by atoms with Crippen LogP contribution in [0.1, 0.15) is 26.2 Å². The van der Waals surface area contributed by atoms with Crippen LogP contribution in [0.5, 0.6) is 5.75 Å². The highest BCUT2D eigenvalue weighted by atomic mass is 16.5. The number of rotatable bonds is 7. The van der Waals surface area contributed by atoms with E-state index in [1.807, 2.05) is 36.4 Å². The number of carbonyl (C=O) groups excluding carboxylic acids is 1. The molecule has 2 heteroatoms. The van der Waals surface area contributed by atoms with Crippen molar-refractivity contribution in [2.75, 3.05) is 6.61 Å². The molecule has 0 aliphatic rings. The molecule has 0 fully saturated rings. The highest BCUT2D eigenvalue weighted by Gasteiger charge is 2.05. The van der Waals surface area contributed by atoms with Crippen molar-refractivity contribution < 1.29 is 9.53 Å². The molecular weight excluding hydrogens is 248 g/mol. The molecule has 0 atom stereocenters. The third-order valence-electron chi connectivity index (χ3n) is 3.15. The number of ether oxygens (including phenoxy) is 1. The van der Waals surface area contributed by atoms with Gasteiger partial charge in [-0.2, -0.15) is 0 Å². The minimum atomic E-state index is 0.245. The van der Waals surface area contributed by atoms with Crippen molar-refractivity contribution >= 4 is 5.78 Å². The molecule has 0 aromatic heterocycles. The van der Waals surface area contributed by atoms with Gasteiger partial charge in [-0.1, -0.05) is 48.5 Å². The fourth-order valence-corrected chi connectivity index (χ4v) is 2.11. The molecule has 0 aliphatic heterocycles. The van der Waals surface area contributed by atoms with E-state index in [2.05, 4.69) is 18.2 Å². The van der Waals surface area contributed by atoms with Gasteiger partial charge in [0.2, 0.25) is 0 Å². The second kappa shape index (κ2) is 7.49. The van der Waals surface area contributed by atoms with Crippen LogP contribution in [0.2, 0.25) is 0 Å².